The highest BCUT2D eigenvalue weighted by Gasteiger charge is 2.67. The quantitative estimate of drug-likeness (QED) is 0.261. The van der Waals surface area contributed by atoms with Crippen molar-refractivity contribution in [3.05, 3.63) is 53.4 Å². The van der Waals surface area contributed by atoms with Crippen LogP contribution in [0, 0.1) is 57.6 Å². The maximum atomic E-state index is 15.1. The predicted octanol–water partition coefficient (Wildman–Crippen LogP) is 10.2. The van der Waals surface area contributed by atoms with E-state index in [4.69, 9.17) is 9.47 Å². The number of hydrogen-bond acceptors (Lipinski definition) is 4. The molecule has 0 saturated heterocycles. The summed E-state index contributed by atoms with van der Waals surface area (Å²) in [5.74, 6) is 1.90. The average Bonchev–Trinajstić information content (AvgIpc) is 3.35. The van der Waals surface area contributed by atoms with Crippen molar-refractivity contribution in [2.24, 2.45) is 51.8 Å². The number of benzene rings is 1. The van der Waals surface area contributed by atoms with Gasteiger partial charge in [0.05, 0.1) is 12.7 Å². The first-order valence-electron chi connectivity index (χ1n) is 18.1. The summed E-state index contributed by atoms with van der Waals surface area (Å²) in [5, 5.41) is 3.49. The van der Waals surface area contributed by atoms with Crippen LogP contribution < -0.4 is 5.32 Å². The third kappa shape index (κ3) is 5.39. The molecule has 0 aliphatic heterocycles. The zero-order valence-corrected chi connectivity index (χ0v) is 30.4. The van der Waals surface area contributed by atoms with Crippen molar-refractivity contribution < 1.29 is 23.5 Å². The van der Waals surface area contributed by atoms with E-state index in [1.165, 1.54) is 43.6 Å². The lowest BCUT2D eigenvalue weighted by Gasteiger charge is -2.68. The lowest BCUT2D eigenvalue weighted by molar-refractivity contribution is -0.174. The highest BCUT2D eigenvalue weighted by atomic mass is 19.1. The molecular formula is C41H58FNO4. The van der Waals surface area contributed by atoms with Crippen LogP contribution >= 0.6 is 0 Å². The van der Waals surface area contributed by atoms with Gasteiger partial charge in [-0.25, -0.2) is 14.0 Å². The van der Waals surface area contributed by atoms with Gasteiger partial charge in [0.25, 0.3) is 0 Å². The van der Waals surface area contributed by atoms with Gasteiger partial charge in [-0.15, -0.1) is 0 Å². The van der Waals surface area contributed by atoms with E-state index >= 15 is 4.39 Å². The fraction of sp³-hybridized carbons (Fsp3) is 0.707. The molecular weight excluding hydrogens is 589 g/mol. The van der Waals surface area contributed by atoms with E-state index in [1.807, 2.05) is 26.8 Å². The number of allylic oxidation sites excluding steroid dienone is 3. The van der Waals surface area contributed by atoms with Crippen molar-refractivity contribution in [1.82, 2.24) is 5.32 Å². The van der Waals surface area contributed by atoms with Gasteiger partial charge in [0.1, 0.15) is 11.4 Å². The van der Waals surface area contributed by atoms with Crippen molar-refractivity contribution in [3.63, 3.8) is 0 Å². The number of halogens is 1. The first kappa shape index (κ1) is 34.2. The lowest BCUT2D eigenvalue weighted by Crippen LogP contribution is -2.64. The van der Waals surface area contributed by atoms with Crippen LogP contribution in [0.1, 0.15) is 129 Å². The Bertz CT molecular complexity index is 1490. The molecule has 0 radical (unpaired) electrons. The minimum atomic E-state index is -0.645. The summed E-state index contributed by atoms with van der Waals surface area (Å²) in [7, 11) is 1.28. The summed E-state index contributed by atoms with van der Waals surface area (Å²) < 4.78 is 25.7. The molecule has 0 spiro atoms. The van der Waals surface area contributed by atoms with Crippen LogP contribution in [-0.2, 0) is 9.47 Å². The topological polar surface area (TPSA) is 64.6 Å². The fourth-order valence-corrected chi connectivity index (χ4v) is 12.6. The first-order valence-corrected chi connectivity index (χ1v) is 18.1. The minimum Gasteiger partial charge on any atom is -0.465 e. The number of methoxy groups -OCH3 is 1. The van der Waals surface area contributed by atoms with Crippen LogP contribution in [0.4, 0.5) is 9.18 Å². The molecule has 1 aromatic carbocycles. The number of amides is 1. The van der Waals surface area contributed by atoms with Gasteiger partial charge in [0.15, 0.2) is 0 Å². The third-order valence-corrected chi connectivity index (χ3v) is 14.2. The summed E-state index contributed by atoms with van der Waals surface area (Å²) in [6, 6.07) is 4.99. The SMILES string of the molecule is C=C(C)C1CC[C@]2(NC(=O)OC(C)(C)C)CCC3[C@H](CCC4[C@@]3(C)CCC3C(C)(C)C(c5ccc(C(=O)OC)c(F)c5)=CC[C@@]34C)C12. The molecule has 9 atom stereocenters. The molecule has 5 aliphatic carbocycles. The molecule has 0 heterocycles. The number of fused-ring (bicyclic) bond motifs is 7. The summed E-state index contributed by atoms with van der Waals surface area (Å²) in [6.45, 7) is 22.4. The Morgan fingerprint density at radius 2 is 1.66 bits per heavy atom. The predicted molar refractivity (Wildman–Crippen MR) is 185 cm³/mol. The molecule has 47 heavy (non-hydrogen) atoms. The molecule has 5 aliphatic rings. The van der Waals surface area contributed by atoms with E-state index in [-0.39, 0.29) is 33.4 Å². The molecule has 4 saturated carbocycles. The van der Waals surface area contributed by atoms with E-state index in [0.717, 1.165) is 44.1 Å². The van der Waals surface area contributed by atoms with Crippen LogP contribution in [-0.4, -0.2) is 30.3 Å². The highest BCUT2D eigenvalue weighted by Crippen LogP contribution is 2.73. The second-order valence-electron chi connectivity index (χ2n) is 18.1. The zero-order valence-electron chi connectivity index (χ0n) is 30.4. The number of rotatable bonds is 4. The number of hydrogen-bond donors (Lipinski definition) is 1. The van der Waals surface area contributed by atoms with Crippen LogP contribution in [0.2, 0.25) is 0 Å². The van der Waals surface area contributed by atoms with Gasteiger partial charge in [0.2, 0.25) is 0 Å². The van der Waals surface area contributed by atoms with Gasteiger partial charge in [-0.2, -0.15) is 0 Å². The summed E-state index contributed by atoms with van der Waals surface area (Å²) in [4.78, 5) is 25.3. The standard InChI is InChI=1S/C41H58FNO4/c1-24(2)26-15-21-41(43-36(45)47-37(3,4)5)22-17-30-27(34(26)41)13-14-33-39(30,8)20-18-32-38(6,7)29(16-19-40(32,33)9)25-11-12-28(31(42)23-25)35(44)46-10/h11-12,16,23,26-27,30,32-34H,1,13-15,17-22H2,2-10H3,(H,43,45)/t26?,27-,30?,32?,33?,34?,39-,40-,41-/m0/s1. The van der Waals surface area contributed by atoms with E-state index < -0.39 is 17.4 Å². The average molecular weight is 648 g/mol. The van der Waals surface area contributed by atoms with E-state index in [0.29, 0.717) is 35.5 Å². The normalized spacial score (nSPS) is 38.9. The number of ether oxygens (including phenoxy) is 2. The van der Waals surface area contributed by atoms with Gasteiger partial charge < -0.3 is 14.8 Å². The van der Waals surface area contributed by atoms with Crippen LogP contribution in [0.5, 0.6) is 0 Å². The Hall–Kier alpha value is -2.63. The number of esters is 1. The van der Waals surface area contributed by atoms with Crippen molar-refractivity contribution in [2.45, 2.75) is 124 Å². The monoisotopic (exact) mass is 647 g/mol. The van der Waals surface area contributed by atoms with Crippen molar-refractivity contribution in [3.8, 4) is 0 Å². The Balaban J connectivity index is 1.30. The molecule has 0 bridgehead atoms. The third-order valence-electron chi connectivity index (χ3n) is 14.2. The molecule has 4 fully saturated rings. The minimum absolute atomic E-state index is 0.0190. The second-order valence-corrected chi connectivity index (χ2v) is 18.1. The van der Waals surface area contributed by atoms with Crippen molar-refractivity contribution >= 4 is 17.6 Å². The first-order chi connectivity index (χ1) is 21.9. The van der Waals surface area contributed by atoms with Crippen LogP contribution in [0.15, 0.2) is 36.4 Å². The maximum absolute atomic E-state index is 15.1. The van der Waals surface area contributed by atoms with Gasteiger partial charge in [-0.1, -0.05) is 52.0 Å². The molecule has 1 N–H and O–H groups in total. The summed E-state index contributed by atoms with van der Waals surface area (Å²) in [6.07, 6.45) is 12.1. The largest absolute Gasteiger partial charge is 0.465 e. The second kappa shape index (κ2) is 11.5. The Morgan fingerprint density at radius 1 is 0.957 bits per heavy atom. The highest BCUT2D eigenvalue weighted by molar-refractivity contribution is 5.90. The maximum Gasteiger partial charge on any atom is 0.408 e. The molecule has 1 amide bonds. The van der Waals surface area contributed by atoms with Crippen LogP contribution in [0.3, 0.4) is 0 Å². The van der Waals surface area contributed by atoms with Gasteiger partial charge in [-0.05, 0) is 161 Å². The number of nitrogens with one attached hydrogen (secondary N) is 1. The van der Waals surface area contributed by atoms with Crippen molar-refractivity contribution in [1.29, 1.82) is 0 Å². The molecule has 0 aromatic heterocycles. The van der Waals surface area contributed by atoms with Gasteiger partial charge in [0, 0.05) is 5.54 Å². The fourth-order valence-electron chi connectivity index (χ4n) is 12.6. The summed E-state index contributed by atoms with van der Waals surface area (Å²) >= 11 is 0. The molecule has 5 nitrogen and oxygen atoms in total. The lowest BCUT2D eigenvalue weighted by atomic mass is 9.36. The zero-order chi connectivity index (χ0) is 34.3. The van der Waals surface area contributed by atoms with Crippen molar-refractivity contribution in [2.75, 3.05) is 7.11 Å². The molecule has 1 aromatic rings. The molecule has 6 heteroatoms. The molecule has 5 unspecified atom stereocenters. The Morgan fingerprint density at radius 3 is 2.30 bits per heavy atom. The smallest absolute Gasteiger partial charge is 0.408 e. The van der Waals surface area contributed by atoms with Crippen LogP contribution in [0.25, 0.3) is 5.57 Å². The summed E-state index contributed by atoms with van der Waals surface area (Å²) in [5.41, 5.74) is 2.78. The Kier molecular flexibility index (Phi) is 8.36. The van der Waals surface area contributed by atoms with E-state index in [2.05, 4.69) is 52.6 Å². The Labute approximate surface area is 282 Å². The number of carbonyl (C=O) groups excluding carboxylic acids is 2. The molecule has 6 rings (SSSR count). The molecule has 258 valence electrons. The van der Waals surface area contributed by atoms with Gasteiger partial charge in [-0.3, -0.25) is 0 Å². The number of alkyl carbamates (subject to hydrolysis) is 1. The van der Waals surface area contributed by atoms with Gasteiger partial charge >= 0.3 is 12.1 Å². The van der Waals surface area contributed by atoms with E-state index in [1.54, 1.807) is 6.07 Å². The number of carbonyl (C=O) groups is 2. The van der Waals surface area contributed by atoms with E-state index in [9.17, 15) is 9.59 Å².